The number of nitrogens with zero attached hydrogens (tertiary/aromatic N) is 4. The van der Waals surface area contributed by atoms with E-state index in [2.05, 4.69) is 16.8 Å². The fourth-order valence-corrected chi connectivity index (χ4v) is 8.50. The van der Waals surface area contributed by atoms with Crippen LogP contribution in [0.4, 0.5) is 5.69 Å². The zero-order valence-corrected chi connectivity index (χ0v) is 32.6. The lowest BCUT2D eigenvalue weighted by Gasteiger charge is -2.39. The van der Waals surface area contributed by atoms with Crippen LogP contribution in [0.5, 0.6) is 5.75 Å². The topological polar surface area (TPSA) is 149 Å². The molecule has 4 aromatic rings. The predicted octanol–water partition coefficient (Wildman–Crippen LogP) is 8.80. The number of nitro benzene ring substituents is 1. The van der Waals surface area contributed by atoms with Crippen LogP contribution in [0.25, 0.3) is 0 Å². The van der Waals surface area contributed by atoms with Crippen LogP contribution in [0.2, 0.25) is 0 Å². The number of para-hydroxylation sites is 1. The van der Waals surface area contributed by atoms with Gasteiger partial charge in [-0.25, -0.2) is 4.67 Å². The van der Waals surface area contributed by atoms with Crippen LogP contribution in [0.1, 0.15) is 62.8 Å². The quantitative estimate of drug-likeness (QED) is 0.0296. The highest BCUT2D eigenvalue weighted by Gasteiger charge is 2.52. The number of methoxy groups -OCH3 is 1. The van der Waals surface area contributed by atoms with Crippen molar-refractivity contribution in [1.82, 2.24) is 4.67 Å². The molecule has 4 atom stereocenters. The summed E-state index contributed by atoms with van der Waals surface area (Å²) in [5.41, 5.74) is 1.55. The lowest BCUT2D eigenvalue weighted by atomic mass is 9.80. The van der Waals surface area contributed by atoms with E-state index in [1.807, 2.05) is 113 Å². The van der Waals surface area contributed by atoms with Gasteiger partial charge in [0, 0.05) is 24.6 Å². The van der Waals surface area contributed by atoms with Crippen molar-refractivity contribution in [2.75, 3.05) is 20.3 Å². The van der Waals surface area contributed by atoms with Gasteiger partial charge in [-0.3, -0.25) is 10.1 Å². The summed E-state index contributed by atoms with van der Waals surface area (Å²) < 4.78 is 40.6. The van der Waals surface area contributed by atoms with Crippen molar-refractivity contribution in [3.63, 3.8) is 0 Å². The molecule has 1 heterocycles. The van der Waals surface area contributed by atoms with E-state index in [9.17, 15) is 20.6 Å². The van der Waals surface area contributed by atoms with Crippen molar-refractivity contribution in [2.45, 2.75) is 82.8 Å². The normalized spacial score (nSPS) is 18.9. The molecule has 0 radical (unpaired) electrons. The second-order valence-corrected chi connectivity index (χ2v) is 14.9. The van der Waals surface area contributed by atoms with Crippen molar-refractivity contribution >= 4 is 14.2 Å². The fraction of sp³-hybridized carbons (Fsp3) is 0.381. The molecule has 13 heteroatoms. The Kier molecular flexibility index (Phi) is 14.5. The van der Waals surface area contributed by atoms with Crippen molar-refractivity contribution in [3.8, 4) is 17.9 Å². The molecular weight excluding hydrogens is 719 g/mol. The molecule has 0 aromatic heterocycles. The van der Waals surface area contributed by atoms with Gasteiger partial charge in [0.2, 0.25) is 0 Å². The van der Waals surface area contributed by atoms with Gasteiger partial charge in [-0.05, 0) is 62.6 Å². The van der Waals surface area contributed by atoms with E-state index >= 15 is 0 Å². The van der Waals surface area contributed by atoms with E-state index in [1.165, 1.54) is 6.07 Å². The first-order valence-electron chi connectivity index (χ1n) is 18.2. The van der Waals surface area contributed by atoms with E-state index in [0.717, 1.165) is 16.7 Å². The van der Waals surface area contributed by atoms with Gasteiger partial charge in [-0.15, -0.1) is 0 Å². The first kappa shape index (κ1) is 41.4. The number of nitriles is 2. The van der Waals surface area contributed by atoms with Gasteiger partial charge >= 0.3 is 0 Å². The Balaban J connectivity index is 1.57. The summed E-state index contributed by atoms with van der Waals surface area (Å²) in [6.45, 7) is 7.97. The molecule has 0 amide bonds. The highest BCUT2D eigenvalue weighted by Crippen LogP contribution is 2.51. The third kappa shape index (κ3) is 9.74. The lowest BCUT2D eigenvalue weighted by Crippen LogP contribution is -2.40. The molecule has 0 spiro atoms. The first-order chi connectivity index (χ1) is 26.6. The smallest absolute Gasteiger partial charge is 0.274 e. The lowest BCUT2D eigenvalue weighted by molar-refractivity contribution is -0.386. The van der Waals surface area contributed by atoms with Gasteiger partial charge in [0.15, 0.2) is 0 Å². The minimum Gasteiger partial charge on any atom is -0.497 e. The Bertz CT molecular complexity index is 1870. The van der Waals surface area contributed by atoms with E-state index in [-0.39, 0.29) is 50.4 Å². The molecule has 12 nitrogen and oxygen atoms in total. The molecule has 55 heavy (non-hydrogen) atoms. The highest BCUT2D eigenvalue weighted by atomic mass is 31.2. The number of nitro groups is 1. The van der Waals surface area contributed by atoms with Crippen LogP contribution in [0, 0.1) is 32.8 Å². The second-order valence-electron chi connectivity index (χ2n) is 13.5. The van der Waals surface area contributed by atoms with Crippen molar-refractivity contribution < 1.29 is 32.9 Å². The molecule has 1 saturated heterocycles. The molecule has 288 valence electrons. The summed E-state index contributed by atoms with van der Waals surface area (Å²) in [7, 11) is -0.149. The Morgan fingerprint density at radius 2 is 1.49 bits per heavy atom. The first-order valence-corrected chi connectivity index (χ1v) is 19.3. The second kappa shape index (κ2) is 19.2. The molecule has 0 bridgehead atoms. The highest BCUT2D eigenvalue weighted by molar-refractivity contribution is 7.44. The van der Waals surface area contributed by atoms with Crippen LogP contribution in [-0.4, -0.2) is 60.0 Å². The predicted molar refractivity (Wildman–Crippen MR) is 208 cm³/mol. The molecule has 0 aliphatic carbocycles. The van der Waals surface area contributed by atoms with Crippen LogP contribution in [0.15, 0.2) is 109 Å². The number of hydrogen-bond acceptors (Lipinski definition) is 11. The number of benzene rings is 4. The Morgan fingerprint density at radius 3 is 2.04 bits per heavy atom. The van der Waals surface area contributed by atoms with Gasteiger partial charge in [-0.2, -0.15) is 10.5 Å². The zero-order valence-electron chi connectivity index (χ0n) is 31.7. The average Bonchev–Trinajstić information content (AvgIpc) is 3.55. The summed E-state index contributed by atoms with van der Waals surface area (Å²) in [6.07, 6.45) is -1.55. The van der Waals surface area contributed by atoms with Crippen LogP contribution >= 0.6 is 8.53 Å². The van der Waals surface area contributed by atoms with Crippen molar-refractivity contribution in [2.24, 2.45) is 0 Å². The Morgan fingerprint density at radius 1 is 0.909 bits per heavy atom. The van der Waals surface area contributed by atoms with Gasteiger partial charge in [0.1, 0.15) is 29.6 Å². The third-order valence-electron chi connectivity index (χ3n) is 9.25. The molecule has 0 saturated carbocycles. The number of ether oxygens (including phenoxy) is 4. The molecule has 1 fully saturated rings. The Labute approximate surface area is 324 Å². The standard InChI is InChI=1S/C42H47N4O8P/c1-31(2)45(32(3)4)55(52-26-14-25-43)54-39-27-41(30-44,50-28-33-15-12-13-20-38(33)46(47)48)53-40(39)29-51-42(34-16-8-6-9-17-34,35-18-10-7-11-19-35)36-21-23-37(49-5)24-22-36/h6-13,15-24,31-32,39-40H,14,26-29H2,1-5H3/t39-,40+,41?,55?/m0/s1. The summed E-state index contributed by atoms with van der Waals surface area (Å²) in [5, 5.41) is 31.8. The summed E-state index contributed by atoms with van der Waals surface area (Å²) >= 11 is 0. The summed E-state index contributed by atoms with van der Waals surface area (Å²) in [4.78, 5) is 11.3. The maximum absolute atomic E-state index is 11.8. The van der Waals surface area contributed by atoms with Crippen LogP contribution in [0.3, 0.4) is 0 Å². The molecule has 0 N–H and O–H groups in total. The number of hydrogen-bond donors (Lipinski definition) is 0. The molecule has 5 rings (SSSR count). The van der Waals surface area contributed by atoms with Crippen LogP contribution < -0.4 is 4.74 Å². The Hall–Kier alpha value is -4.75. The van der Waals surface area contributed by atoms with Gasteiger partial charge in [0.05, 0.1) is 49.9 Å². The largest absolute Gasteiger partial charge is 0.497 e. The SMILES string of the molecule is COc1ccc(C(OC[C@H]2OC(C#N)(OCc3ccccc3[N+](=O)[O-])C[C@@H]2OP(OCCC#N)N(C(C)C)C(C)C)(c2ccccc2)c2ccccc2)cc1. The van der Waals surface area contributed by atoms with Crippen LogP contribution in [-0.2, 0) is 35.5 Å². The molecular formula is C42H47N4O8P. The van der Waals surface area contributed by atoms with Gasteiger partial charge in [0.25, 0.3) is 20.0 Å². The average molecular weight is 767 g/mol. The van der Waals surface area contributed by atoms with Gasteiger partial charge in [-0.1, -0.05) is 84.9 Å². The molecule has 1 aliphatic heterocycles. The maximum atomic E-state index is 11.8. The van der Waals surface area contributed by atoms with Gasteiger partial charge < -0.3 is 28.0 Å². The van der Waals surface area contributed by atoms with E-state index < -0.39 is 37.0 Å². The monoisotopic (exact) mass is 766 g/mol. The molecule has 2 unspecified atom stereocenters. The minimum atomic E-state index is -1.85. The van der Waals surface area contributed by atoms with E-state index in [0.29, 0.717) is 11.3 Å². The molecule has 4 aromatic carbocycles. The third-order valence-corrected chi connectivity index (χ3v) is 11.4. The maximum Gasteiger partial charge on any atom is 0.274 e. The van der Waals surface area contributed by atoms with Crippen molar-refractivity contribution in [3.05, 3.63) is 142 Å². The zero-order chi connectivity index (χ0) is 39.4. The van der Waals surface area contributed by atoms with E-state index in [1.54, 1.807) is 25.3 Å². The number of rotatable bonds is 19. The molecule has 1 aliphatic rings. The summed E-state index contributed by atoms with van der Waals surface area (Å²) in [6, 6.07) is 38.0. The summed E-state index contributed by atoms with van der Waals surface area (Å²) in [5.74, 6) is -1.16. The minimum absolute atomic E-state index is 0.0136. The van der Waals surface area contributed by atoms with Crippen molar-refractivity contribution in [1.29, 1.82) is 10.5 Å². The van der Waals surface area contributed by atoms with E-state index in [4.69, 9.17) is 28.0 Å². The fourth-order valence-electron chi connectivity index (χ4n) is 6.75.